The van der Waals surface area contributed by atoms with Gasteiger partial charge in [0.1, 0.15) is 0 Å². The van der Waals surface area contributed by atoms with Crippen molar-refractivity contribution in [1.82, 2.24) is 20.2 Å². The lowest BCUT2D eigenvalue weighted by atomic mass is 10.3. The number of para-hydroxylation sites is 2. The summed E-state index contributed by atoms with van der Waals surface area (Å²) in [6.45, 7) is 9.81. The summed E-state index contributed by atoms with van der Waals surface area (Å²) in [4.78, 5) is 23.5. The number of fused-ring (bicyclic) bond motifs is 1. The van der Waals surface area contributed by atoms with Gasteiger partial charge in [0.25, 0.3) is 5.91 Å². The van der Waals surface area contributed by atoms with Gasteiger partial charge in [-0.2, -0.15) is 0 Å². The van der Waals surface area contributed by atoms with Crippen molar-refractivity contribution >= 4 is 16.9 Å². The van der Waals surface area contributed by atoms with Crippen LogP contribution in [0, 0.1) is 0 Å². The summed E-state index contributed by atoms with van der Waals surface area (Å²) in [5.41, 5.74) is 1.64. The number of ether oxygens (including phenoxy) is 1. The number of likely N-dealkylation sites (N-methyl/N-ethyl adjacent to an activating group) is 1. The minimum atomic E-state index is -0.251. The van der Waals surface area contributed by atoms with Crippen LogP contribution in [-0.4, -0.2) is 53.6 Å². The van der Waals surface area contributed by atoms with Crippen molar-refractivity contribution in [3.05, 3.63) is 30.0 Å². The first-order chi connectivity index (χ1) is 11.2. The highest BCUT2D eigenvalue weighted by Gasteiger charge is 2.17. The zero-order valence-corrected chi connectivity index (χ0v) is 14.0. The predicted octanol–water partition coefficient (Wildman–Crippen LogP) is 2.10. The molecule has 23 heavy (non-hydrogen) atoms. The van der Waals surface area contributed by atoms with Gasteiger partial charge in [0, 0.05) is 13.1 Å². The quantitative estimate of drug-likeness (QED) is 0.808. The molecule has 0 radical (unpaired) electrons. The summed E-state index contributed by atoms with van der Waals surface area (Å²) < 4.78 is 5.49. The number of amides is 1. The van der Waals surface area contributed by atoms with Gasteiger partial charge in [-0.25, -0.2) is 9.97 Å². The zero-order valence-electron chi connectivity index (χ0n) is 14.0. The Morgan fingerprint density at radius 3 is 2.39 bits per heavy atom. The normalized spacial score (nSPS) is 11.0. The van der Waals surface area contributed by atoms with E-state index < -0.39 is 0 Å². The Balaban J connectivity index is 2.16. The molecule has 0 aliphatic heterocycles. The van der Waals surface area contributed by atoms with Crippen LogP contribution in [0.5, 0.6) is 5.88 Å². The van der Waals surface area contributed by atoms with E-state index in [1.165, 1.54) is 0 Å². The van der Waals surface area contributed by atoms with Crippen molar-refractivity contribution in [1.29, 1.82) is 0 Å². The van der Waals surface area contributed by atoms with Gasteiger partial charge in [-0.1, -0.05) is 26.0 Å². The maximum Gasteiger partial charge on any atom is 0.275 e. The van der Waals surface area contributed by atoms with Crippen LogP contribution in [0.1, 0.15) is 31.3 Å². The van der Waals surface area contributed by atoms with Gasteiger partial charge < -0.3 is 15.0 Å². The second-order valence-corrected chi connectivity index (χ2v) is 5.08. The molecule has 1 aromatic carbocycles. The molecule has 0 aliphatic rings. The number of carbonyl (C=O) groups is 1. The molecule has 0 saturated carbocycles. The maximum absolute atomic E-state index is 12.4. The number of benzene rings is 1. The second-order valence-electron chi connectivity index (χ2n) is 5.08. The van der Waals surface area contributed by atoms with Crippen LogP contribution in [-0.2, 0) is 0 Å². The van der Waals surface area contributed by atoms with Crippen LogP contribution in [0.3, 0.4) is 0 Å². The van der Waals surface area contributed by atoms with Gasteiger partial charge in [0.2, 0.25) is 5.88 Å². The Labute approximate surface area is 136 Å². The van der Waals surface area contributed by atoms with Crippen molar-refractivity contribution in [3.8, 4) is 5.88 Å². The maximum atomic E-state index is 12.4. The Morgan fingerprint density at radius 2 is 1.78 bits per heavy atom. The molecule has 0 fully saturated rings. The van der Waals surface area contributed by atoms with Crippen molar-refractivity contribution in [2.75, 3.05) is 32.8 Å². The van der Waals surface area contributed by atoms with E-state index in [1.807, 2.05) is 31.2 Å². The Bertz CT molecular complexity index is 656. The van der Waals surface area contributed by atoms with E-state index in [9.17, 15) is 4.79 Å². The average Bonchev–Trinajstić information content (AvgIpc) is 2.58. The molecule has 6 nitrogen and oxygen atoms in total. The highest BCUT2D eigenvalue weighted by Crippen LogP contribution is 2.18. The molecular formula is C17H24N4O2. The second kappa shape index (κ2) is 8.43. The third-order valence-electron chi connectivity index (χ3n) is 3.64. The van der Waals surface area contributed by atoms with Gasteiger partial charge in [0.15, 0.2) is 5.69 Å². The number of hydrogen-bond acceptors (Lipinski definition) is 5. The third kappa shape index (κ3) is 4.39. The fourth-order valence-corrected chi connectivity index (χ4v) is 2.32. The largest absolute Gasteiger partial charge is 0.476 e. The van der Waals surface area contributed by atoms with Crippen LogP contribution in [0.15, 0.2) is 24.3 Å². The minimum Gasteiger partial charge on any atom is -0.476 e. The molecule has 0 unspecified atom stereocenters. The van der Waals surface area contributed by atoms with E-state index >= 15 is 0 Å². The van der Waals surface area contributed by atoms with E-state index in [-0.39, 0.29) is 17.5 Å². The molecule has 6 heteroatoms. The Hall–Kier alpha value is -2.21. The van der Waals surface area contributed by atoms with E-state index in [0.717, 1.165) is 25.2 Å². The number of carbonyl (C=O) groups excluding carboxylic acids is 1. The van der Waals surface area contributed by atoms with E-state index in [0.29, 0.717) is 18.7 Å². The number of rotatable bonds is 8. The highest BCUT2D eigenvalue weighted by atomic mass is 16.5. The highest BCUT2D eigenvalue weighted by molar-refractivity contribution is 5.96. The molecule has 1 N–H and O–H groups in total. The van der Waals surface area contributed by atoms with Gasteiger partial charge in [0.05, 0.1) is 17.6 Å². The molecule has 0 atom stereocenters. The monoisotopic (exact) mass is 316 g/mol. The third-order valence-corrected chi connectivity index (χ3v) is 3.64. The molecule has 1 heterocycles. The Kier molecular flexibility index (Phi) is 6.29. The van der Waals surface area contributed by atoms with Gasteiger partial charge >= 0.3 is 0 Å². The van der Waals surface area contributed by atoms with Crippen LogP contribution in [0.4, 0.5) is 0 Å². The topological polar surface area (TPSA) is 67.3 Å². The molecule has 1 amide bonds. The van der Waals surface area contributed by atoms with Crippen LogP contribution in [0.2, 0.25) is 0 Å². The smallest absolute Gasteiger partial charge is 0.275 e. The summed E-state index contributed by atoms with van der Waals surface area (Å²) in [6.07, 6.45) is 0. The van der Waals surface area contributed by atoms with Gasteiger partial charge in [-0.15, -0.1) is 0 Å². The standard InChI is InChI=1S/C17H24N4O2/c1-4-21(5-2)12-11-18-16(22)15-17(23-6-3)20-14-10-8-7-9-13(14)19-15/h7-10H,4-6,11-12H2,1-3H3,(H,18,22). The van der Waals surface area contributed by atoms with Crippen LogP contribution >= 0.6 is 0 Å². The van der Waals surface area contributed by atoms with Gasteiger partial charge in [-0.3, -0.25) is 4.79 Å². The van der Waals surface area contributed by atoms with E-state index in [1.54, 1.807) is 0 Å². The summed E-state index contributed by atoms with van der Waals surface area (Å²) >= 11 is 0. The van der Waals surface area contributed by atoms with Crippen LogP contribution < -0.4 is 10.1 Å². The van der Waals surface area contributed by atoms with Crippen molar-refractivity contribution in [2.45, 2.75) is 20.8 Å². The molecule has 2 aromatic rings. The molecule has 0 bridgehead atoms. The zero-order chi connectivity index (χ0) is 16.7. The van der Waals surface area contributed by atoms with Crippen molar-refractivity contribution in [3.63, 3.8) is 0 Å². The summed E-state index contributed by atoms with van der Waals surface area (Å²) in [6, 6.07) is 7.45. The molecule has 1 aromatic heterocycles. The van der Waals surface area contributed by atoms with E-state index in [4.69, 9.17) is 4.74 Å². The predicted molar refractivity (Wildman–Crippen MR) is 90.8 cm³/mol. The lowest BCUT2D eigenvalue weighted by molar-refractivity contribution is 0.0939. The Morgan fingerprint density at radius 1 is 1.13 bits per heavy atom. The first kappa shape index (κ1) is 17.1. The SMILES string of the molecule is CCOc1nc2ccccc2nc1C(=O)NCCN(CC)CC. The number of nitrogens with one attached hydrogen (secondary N) is 1. The molecule has 0 spiro atoms. The number of nitrogens with zero attached hydrogens (tertiary/aromatic N) is 3. The van der Waals surface area contributed by atoms with E-state index in [2.05, 4.69) is 34.0 Å². The molecular weight excluding hydrogens is 292 g/mol. The van der Waals surface area contributed by atoms with Gasteiger partial charge in [-0.05, 0) is 32.1 Å². The molecule has 0 saturated heterocycles. The fourth-order valence-electron chi connectivity index (χ4n) is 2.32. The lowest BCUT2D eigenvalue weighted by Crippen LogP contribution is -2.35. The van der Waals surface area contributed by atoms with Crippen molar-refractivity contribution in [2.24, 2.45) is 0 Å². The van der Waals surface area contributed by atoms with Crippen LogP contribution in [0.25, 0.3) is 11.0 Å². The first-order valence-electron chi connectivity index (χ1n) is 8.09. The average molecular weight is 316 g/mol. The summed E-state index contributed by atoms with van der Waals surface area (Å²) in [7, 11) is 0. The first-order valence-corrected chi connectivity index (χ1v) is 8.09. The number of hydrogen-bond donors (Lipinski definition) is 1. The summed E-state index contributed by atoms with van der Waals surface area (Å²) in [5.74, 6) is 0.0328. The minimum absolute atomic E-state index is 0.241. The summed E-state index contributed by atoms with van der Waals surface area (Å²) in [5, 5.41) is 2.90. The molecule has 0 aliphatic carbocycles. The van der Waals surface area contributed by atoms with Crippen molar-refractivity contribution < 1.29 is 9.53 Å². The molecule has 2 rings (SSSR count). The number of aromatic nitrogens is 2. The molecule has 124 valence electrons. The fraction of sp³-hybridized carbons (Fsp3) is 0.471. The lowest BCUT2D eigenvalue weighted by Gasteiger charge is -2.18.